The maximum Gasteiger partial charge on any atom is 0.326 e. The van der Waals surface area contributed by atoms with Gasteiger partial charge in [-0.2, -0.15) is 0 Å². The summed E-state index contributed by atoms with van der Waals surface area (Å²) in [5.74, 6) is -1.21. The molecule has 1 aliphatic heterocycles. The number of hydrogen-bond acceptors (Lipinski definition) is 3. The van der Waals surface area contributed by atoms with Crippen LogP contribution in [0.2, 0.25) is 0 Å². The van der Waals surface area contributed by atoms with Crippen molar-refractivity contribution in [3.63, 3.8) is 0 Å². The lowest BCUT2D eigenvalue weighted by molar-refractivity contribution is -0.144. The molecule has 0 saturated carbocycles. The highest BCUT2D eigenvalue weighted by molar-refractivity contribution is 14.1. The van der Waals surface area contributed by atoms with Crippen LogP contribution in [0.3, 0.4) is 0 Å². The number of amides is 1. The van der Waals surface area contributed by atoms with Crippen molar-refractivity contribution < 1.29 is 19.8 Å². The van der Waals surface area contributed by atoms with Crippen LogP contribution in [0.4, 0.5) is 0 Å². The predicted molar refractivity (Wildman–Crippen MR) is 94.4 cm³/mol. The molecule has 0 bridgehead atoms. The molecule has 1 aliphatic rings. The second-order valence-electron chi connectivity index (χ2n) is 5.27. The van der Waals surface area contributed by atoms with Gasteiger partial charge in [-0.15, -0.1) is 0 Å². The molecular weight excluding hydrogens is 500 g/mol. The second-order valence-corrected chi connectivity index (χ2v) is 7.67. The first-order chi connectivity index (χ1) is 9.81. The van der Waals surface area contributed by atoms with E-state index in [9.17, 15) is 19.8 Å². The van der Waals surface area contributed by atoms with E-state index < -0.39 is 17.9 Å². The Balaban J connectivity index is 2.36. The first kappa shape index (κ1) is 16.8. The van der Waals surface area contributed by atoms with E-state index in [1.165, 1.54) is 4.90 Å². The number of carbonyl (C=O) groups is 2. The third-order valence-electron chi connectivity index (χ3n) is 3.67. The lowest BCUT2D eigenvalue weighted by atomic mass is 9.92. The number of likely N-dealkylation sites (tertiary alicyclic amines) is 1. The highest BCUT2D eigenvalue weighted by Crippen LogP contribution is 2.31. The number of aliphatic carboxylic acids is 1. The molecule has 2 unspecified atom stereocenters. The molecule has 1 saturated heterocycles. The number of carboxylic acid groups (broad SMARTS) is 1. The fraction of sp³-hybridized carbons (Fsp3) is 0.429. The molecular formula is C14H15I2NO4. The zero-order valence-electron chi connectivity index (χ0n) is 11.3. The van der Waals surface area contributed by atoms with Crippen molar-refractivity contribution in [3.8, 4) is 5.75 Å². The number of rotatable bonds is 2. The summed E-state index contributed by atoms with van der Waals surface area (Å²) in [4.78, 5) is 25.4. The fourth-order valence-corrected chi connectivity index (χ4v) is 4.35. The number of benzene rings is 1. The van der Waals surface area contributed by atoms with Crippen LogP contribution in [-0.2, 0) is 4.79 Å². The van der Waals surface area contributed by atoms with Crippen molar-refractivity contribution in [2.75, 3.05) is 6.54 Å². The van der Waals surface area contributed by atoms with Gasteiger partial charge in [0.05, 0.1) is 9.13 Å². The first-order valence-electron chi connectivity index (χ1n) is 6.53. The summed E-state index contributed by atoms with van der Waals surface area (Å²) in [6.45, 7) is 2.39. The average molecular weight is 515 g/mol. The minimum Gasteiger partial charge on any atom is -0.506 e. The van der Waals surface area contributed by atoms with E-state index in [1.54, 1.807) is 12.1 Å². The van der Waals surface area contributed by atoms with Crippen molar-refractivity contribution >= 4 is 57.1 Å². The van der Waals surface area contributed by atoms with Gasteiger partial charge in [-0.05, 0) is 76.1 Å². The third kappa shape index (κ3) is 3.61. The van der Waals surface area contributed by atoms with Gasteiger partial charge in [0.2, 0.25) is 0 Å². The number of phenolic OH excluding ortho intramolecular Hbond substituents is 1. The Morgan fingerprint density at radius 3 is 2.62 bits per heavy atom. The molecule has 0 radical (unpaired) electrons. The Morgan fingerprint density at radius 1 is 1.33 bits per heavy atom. The lowest BCUT2D eigenvalue weighted by Gasteiger charge is -2.36. The molecule has 1 heterocycles. The van der Waals surface area contributed by atoms with Crippen LogP contribution in [0, 0.1) is 13.1 Å². The molecule has 0 aliphatic carbocycles. The SMILES string of the molecule is CC1CCN(C(=O)c2cc(I)cc(I)c2O)C(C(=O)O)C1. The standard InChI is InChI=1S/C14H15I2NO4/c1-7-2-3-17(11(4-7)14(20)21)13(19)9-5-8(15)6-10(16)12(9)18/h5-7,11,18H,2-4H2,1H3,(H,20,21). The number of nitrogens with zero attached hydrogens (tertiary/aromatic N) is 1. The van der Waals surface area contributed by atoms with Crippen LogP contribution >= 0.6 is 45.2 Å². The van der Waals surface area contributed by atoms with Crippen molar-refractivity contribution in [1.82, 2.24) is 4.90 Å². The van der Waals surface area contributed by atoms with Crippen LogP contribution in [-0.4, -0.2) is 39.6 Å². The summed E-state index contributed by atoms with van der Waals surface area (Å²) in [5.41, 5.74) is 0.173. The average Bonchev–Trinajstić information content (AvgIpc) is 2.42. The normalized spacial score (nSPS) is 22.1. The van der Waals surface area contributed by atoms with E-state index in [2.05, 4.69) is 22.6 Å². The summed E-state index contributed by atoms with van der Waals surface area (Å²) in [7, 11) is 0. The fourth-order valence-electron chi connectivity index (χ4n) is 2.50. The molecule has 1 amide bonds. The van der Waals surface area contributed by atoms with Gasteiger partial charge in [0.1, 0.15) is 11.8 Å². The number of piperidine rings is 1. The molecule has 7 heteroatoms. The van der Waals surface area contributed by atoms with Crippen LogP contribution < -0.4 is 0 Å². The first-order valence-corrected chi connectivity index (χ1v) is 8.68. The van der Waals surface area contributed by atoms with Crippen LogP contribution in [0.25, 0.3) is 0 Å². The number of phenols is 1. The number of hydrogen-bond donors (Lipinski definition) is 2. The maximum absolute atomic E-state index is 12.6. The topological polar surface area (TPSA) is 77.8 Å². The molecule has 0 aromatic heterocycles. The number of carbonyl (C=O) groups excluding carboxylic acids is 1. The van der Waals surface area contributed by atoms with Gasteiger partial charge in [0, 0.05) is 10.1 Å². The Hall–Kier alpha value is -0.580. The van der Waals surface area contributed by atoms with Crippen molar-refractivity contribution in [2.24, 2.45) is 5.92 Å². The predicted octanol–water partition coefficient (Wildman–Crippen LogP) is 2.93. The van der Waals surface area contributed by atoms with Crippen LogP contribution in [0.15, 0.2) is 12.1 Å². The molecule has 2 rings (SSSR count). The molecule has 114 valence electrons. The van der Waals surface area contributed by atoms with E-state index in [0.717, 1.165) is 9.99 Å². The van der Waals surface area contributed by atoms with Gasteiger partial charge < -0.3 is 15.1 Å². The molecule has 0 spiro atoms. The molecule has 1 aromatic rings. The Morgan fingerprint density at radius 2 is 2.00 bits per heavy atom. The van der Waals surface area contributed by atoms with Gasteiger partial charge in [-0.25, -0.2) is 4.79 Å². The lowest BCUT2D eigenvalue weighted by Crippen LogP contribution is -2.49. The number of carboxylic acids is 1. The summed E-state index contributed by atoms with van der Waals surface area (Å²) in [5, 5.41) is 19.4. The molecule has 2 atom stereocenters. The number of halogens is 2. The Labute approximate surface area is 150 Å². The van der Waals surface area contributed by atoms with Crippen molar-refractivity contribution in [3.05, 3.63) is 24.8 Å². The van der Waals surface area contributed by atoms with Gasteiger partial charge in [-0.1, -0.05) is 6.92 Å². The molecule has 21 heavy (non-hydrogen) atoms. The Bertz CT molecular complexity index is 591. The zero-order chi connectivity index (χ0) is 15.7. The molecule has 1 fully saturated rings. The van der Waals surface area contributed by atoms with Gasteiger partial charge in [-0.3, -0.25) is 4.79 Å². The summed E-state index contributed by atoms with van der Waals surface area (Å²) >= 11 is 4.03. The highest BCUT2D eigenvalue weighted by Gasteiger charge is 2.36. The van der Waals surface area contributed by atoms with Crippen LogP contribution in [0.1, 0.15) is 30.1 Å². The van der Waals surface area contributed by atoms with E-state index >= 15 is 0 Å². The van der Waals surface area contributed by atoms with E-state index in [4.69, 9.17) is 0 Å². The van der Waals surface area contributed by atoms with E-state index in [0.29, 0.717) is 16.5 Å². The smallest absolute Gasteiger partial charge is 0.326 e. The van der Waals surface area contributed by atoms with Gasteiger partial charge in [0.25, 0.3) is 5.91 Å². The monoisotopic (exact) mass is 515 g/mol. The molecule has 5 nitrogen and oxygen atoms in total. The maximum atomic E-state index is 12.6. The van der Waals surface area contributed by atoms with Crippen molar-refractivity contribution in [1.29, 1.82) is 0 Å². The van der Waals surface area contributed by atoms with Crippen molar-refractivity contribution in [2.45, 2.75) is 25.8 Å². The minimum atomic E-state index is -0.991. The zero-order valence-corrected chi connectivity index (χ0v) is 15.7. The van der Waals surface area contributed by atoms with E-state index in [1.807, 2.05) is 29.5 Å². The van der Waals surface area contributed by atoms with Gasteiger partial charge >= 0.3 is 5.97 Å². The summed E-state index contributed by atoms with van der Waals surface area (Å²) < 4.78 is 1.41. The van der Waals surface area contributed by atoms with Gasteiger partial charge in [0.15, 0.2) is 0 Å². The summed E-state index contributed by atoms with van der Waals surface area (Å²) in [6.07, 6.45) is 1.22. The second kappa shape index (κ2) is 6.67. The third-order valence-corrected chi connectivity index (χ3v) is 5.11. The highest BCUT2D eigenvalue weighted by atomic mass is 127. The number of aromatic hydroxyl groups is 1. The quantitative estimate of drug-likeness (QED) is 0.595. The van der Waals surface area contributed by atoms with Crippen LogP contribution in [0.5, 0.6) is 5.75 Å². The summed E-state index contributed by atoms with van der Waals surface area (Å²) in [6, 6.07) is 2.54. The largest absolute Gasteiger partial charge is 0.506 e. The Kier molecular flexibility index (Phi) is 5.33. The molecule has 1 aromatic carbocycles. The molecule has 2 N–H and O–H groups in total. The minimum absolute atomic E-state index is 0.0798. The van der Waals surface area contributed by atoms with E-state index in [-0.39, 0.29) is 17.2 Å².